The summed E-state index contributed by atoms with van der Waals surface area (Å²) in [5.41, 5.74) is 1.07. The summed E-state index contributed by atoms with van der Waals surface area (Å²) in [7, 11) is 2.14. The number of aromatic nitrogens is 2. The van der Waals surface area contributed by atoms with Crippen LogP contribution in [0.1, 0.15) is 48.3 Å². The van der Waals surface area contributed by atoms with Crippen LogP contribution in [0.4, 0.5) is 5.82 Å². The molecule has 122 valence electrons. The number of likely N-dealkylation sites (tertiary alicyclic amines) is 1. The molecule has 2 aliphatic heterocycles. The average Bonchev–Trinajstić information content (AvgIpc) is 3.14. The number of furan rings is 1. The van der Waals surface area contributed by atoms with Gasteiger partial charge in [0.25, 0.3) is 0 Å². The third kappa shape index (κ3) is 2.57. The van der Waals surface area contributed by atoms with Gasteiger partial charge in [-0.1, -0.05) is 0 Å². The first-order valence-corrected chi connectivity index (χ1v) is 8.24. The Balaban J connectivity index is 1.68. The number of piperidine rings is 1. The molecule has 0 spiro atoms. The highest BCUT2D eigenvalue weighted by molar-refractivity contribution is 5.94. The monoisotopic (exact) mass is 314 g/mol. The molecule has 23 heavy (non-hydrogen) atoms. The fourth-order valence-corrected chi connectivity index (χ4v) is 3.65. The fraction of sp³-hybridized carbons (Fsp3) is 0.529. The molecule has 2 aromatic rings. The van der Waals surface area contributed by atoms with Gasteiger partial charge in [0.1, 0.15) is 17.3 Å². The lowest BCUT2D eigenvalue weighted by molar-refractivity contribution is -0.116. The summed E-state index contributed by atoms with van der Waals surface area (Å²) in [5, 5.41) is 7.64. The number of nitrogens with zero attached hydrogens (tertiary/aromatic N) is 3. The minimum Gasteiger partial charge on any atom is -0.466 e. The lowest BCUT2D eigenvalue weighted by Gasteiger charge is -2.31. The van der Waals surface area contributed by atoms with Crippen molar-refractivity contribution >= 4 is 11.7 Å². The quantitative estimate of drug-likeness (QED) is 0.925. The zero-order valence-electron chi connectivity index (χ0n) is 13.6. The highest BCUT2D eigenvalue weighted by atomic mass is 16.3. The van der Waals surface area contributed by atoms with Gasteiger partial charge in [-0.15, -0.1) is 0 Å². The molecule has 1 unspecified atom stereocenters. The molecular weight excluding hydrogens is 292 g/mol. The Labute approximate surface area is 135 Å². The van der Waals surface area contributed by atoms with Crippen LogP contribution in [0.25, 0.3) is 0 Å². The Hall–Kier alpha value is -2.08. The number of nitrogens with one attached hydrogen (secondary N) is 1. The van der Waals surface area contributed by atoms with Crippen molar-refractivity contribution in [2.45, 2.75) is 38.1 Å². The molecule has 1 atom stereocenters. The largest absolute Gasteiger partial charge is 0.466 e. The van der Waals surface area contributed by atoms with Crippen molar-refractivity contribution in [3.05, 3.63) is 35.4 Å². The molecule has 6 nitrogen and oxygen atoms in total. The zero-order chi connectivity index (χ0) is 16.0. The van der Waals surface area contributed by atoms with Gasteiger partial charge in [-0.3, -0.25) is 4.79 Å². The smallest absolute Gasteiger partial charge is 0.226 e. The second kappa shape index (κ2) is 5.53. The van der Waals surface area contributed by atoms with E-state index in [0.29, 0.717) is 12.5 Å². The Bertz CT molecular complexity index is 725. The molecule has 1 fully saturated rings. The molecule has 0 aromatic carbocycles. The number of amides is 1. The number of fused-ring (bicyclic) bond motifs is 1. The van der Waals surface area contributed by atoms with E-state index >= 15 is 0 Å². The molecule has 2 aromatic heterocycles. The van der Waals surface area contributed by atoms with Gasteiger partial charge in [-0.05, 0) is 52.0 Å². The Morgan fingerprint density at radius 1 is 1.30 bits per heavy atom. The minimum absolute atomic E-state index is 0.0335. The first kappa shape index (κ1) is 14.5. The van der Waals surface area contributed by atoms with E-state index < -0.39 is 0 Å². The van der Waals surface area contributed by atoms with E-state index in [0.717, 1.165) is 48.8 Å². The predicted octanol–water partition coefficient (Wildman–Crippen LogP) is 2.53. The summed E-state index contributed by atoms with van der Waals surface area (Å²) in [6, 6.07) is 4.27. The van der Waals surface area contributed by atoms with Crippen molar-refractivity contribution in [2.24, 2.45) is 0 Å². The average molecular weight is 314 g/mol. The highest BCUT2D eigenvalue weighted by Gasteiger charge is 2.33. The molecule has 0 aliphatic carbocycles. The van der Waals surface area contributed by atoms with Crippen molar-refractivity contribution in [3.63, 3.8) is 0 Å². The van der Waals surface area contributed by atoms with Gasteiger partial charge in [0.05, 0.1) is 18.2 Å². The lowest BCUT2D eigenvalue weighted by Crippen LogP contribution is -2.33. The van der Waals surface area contributed by atoms with Gasteiger partial charge in [-0.25, -0.2) is 4.68 Å². The van der Waals surface area contributed by atoms with Crippen molar-refractivity contribution in [1.29, 1.82) is 0 Å². The van der Waals surface area contributed by atoms with Crippen LogP contribution < -0.4 is 5.32 Å². The Kier molecular flexibility index (Phi) is 3.49. The van der Waals surface area contributed by atoms with E-state index in [4.69, 9.17) is 4.42 Å². The van der Waals surface area contributed by atoms with Crippen molar-refractivity contribution < 1.29 is 9.21 Å². The van der Waals surface area contributed by atoms with Gasteiger partial charge in [-0.2, -0.15) is 5.10 Å². The Morgan fingerprint density at radius 3 is 2.78 bits per heavy atom. The zero-order valence-corrected chi connectivity index (χ0v) is 13.6. The van der Waals surface area contributed by atoms with E-state index in [1.54, 1.807) is 0 Å². The molecule has 0 radical (unpaired) electrons. The van der Waals surface area contributed by atoms with Gasteiger partial charge < -0.3 is 14.6 Å². The molecular formula is C17H22N4O2. The number of aryl methyl sites for hydroxylation is 1. The van der Waals surface area contributed by atoms with Crippen LogP contribution in [0.15, 0.2) is 22.7 Å². The summed E-state index contributed by atoms with van der Waals surface area (Å²) in [6.07, 6.45) is 4.44. The summed E-state index contributed by atoms with van der Waals surface area (Å²) in [5.74, 6) is 2.57. The van der Waals surface area contributed by atoms with Gasteiger partial charge in [0.15, 0.2) is 0 Å². The number of hydrogen-bond donors (Lipinski definition) is 1. The fourth-order valence-electron chi connectivity index (χ4n) is 3.65. The molecule has 1 N–H and O–H groups in total. The molecule has 4 heterocycles. The second-order valence-electron chi connectivity index (χ2n) is 6.68. The first-order valence-electron chi connectivity index (χ1n) is 8.24. The van der Waals surface area contributed by atoms with Crippen LogP contribution >= 0.6 is 0 Å². The maximum absolute atomic E-state index is 12.2. The minimum atomic E-state index is -0.0348. The van der Waals surface area contributed by atoms with Crippen molar-refractivity contribution in [2.75, 3.05) is 25.5 Å². The Morgan fingerprint density at radius 2 is 2.09 bits per heavy atom. The van der Waals surface area contributed by atoms with Crippen LogP contribution in [0, 0.1) is 6.92 Å². The number of hydrogen-bond acceptors (Lipinski definition) is 4. The van der Waals surface area contributed by atoms with E-state index in [9.17, 15) is 4.79 Å². The van der Waals surface area contributed by atoms with Crippen LogP contribution in [0.5, 0.6) is 0 Å². The van der Waals surface area contributed by atoms with E-state index in [1.165, 1.54) is 0 Å². The topological polar surface area (TPSA) is 63.3 Å². The van der Waals surface area contributed by atoms with Crippen LogP contribution in [0.2, 0.25) is 0 Å². The molecule has 4 rings (SSSR count). The standard InChI is InChI=1S/C17H22N4O2/c1-11-3-4-15(23-11)13-9-16(22)19-17-14(13)10-18-21(17)12-5-7-20(2)8-6-12/h3-4,10,12-13H,5-9H2,1-2H3,(H,19,22). The molecule has 2 aliphatic rings. The molecule has 6 heteroatoms. The molecule has 1 saturated heterocycles. The number of carbonyl (C=O) groups excluding carboxylic acids is 1. The number of carbonyl (C=O) groups is 1. The molecule has 1 amide bonds. The second-order valence-corrected chi connectivity index (χ2v) is 6.68. The van der Waals surface area contributed by atoms with Gasteiger partial charge in [0.2, 0.25) is 5.91 Å². The third-order valence-electron chi connectivity index (χ3n) is 4.99. The summed E-state index contributed by atoms with van der Waals surface area (Å²) < 4.78 is 7.79. The molecule has 0 bridgehead atoms. The van der Waals surface area contributed by atoms with Crippen LogP contribution in [-0.4, -0.2) is 40.7 Å². The number of anilines is 1. The van der Waals surface area contributed by atoms with Crippen LogP contribution in [-0.2, 0) is 4.79 Å². The van der Waals surface area contributed by atoms with Crippen molar-refractivity contribution in [3.8, 4) is 0 Å². The predicted molar refractivity (Wildman–Crippen MR) is 86.5 cm³/mol. The maximum Gasteiger partial charge on any atom is 0.226 e. The van der Waals surface area contributed by atoms with Crippen LogP contribution in [0.3, 0.4) is 0 Å². The van der Waals surface area contributed by atoms with E-state index in [-0.39, 0.29) is 11.8 Å². The summed E-state index contributed by atoms with van der Waals surface area (Å²) in [6.45, 7) is 4.05. The lowest BCUT2D eigenvalue weighted by atomic mass is 9.92. The number of rotatable bonds is 2. The SMILES string of the molecule is Cc1ccc(C2CC(=O)Nc3c2cnn3C2CCN(C)CC2)o1. The summed E-state index contributed by atoms with van der Waals surface area (Å²) >= 11 is 0. The van der Waals surface area contributed by atoms with E-state index in [2.05, 4.69) is 22.4 Å². The molecule has 0 saturated carbocycles. The van der Waals surface area contributed by atoms with E-state index in [1.807, 2.05) is 29.9 Å². The normalized spacial score (nSPS) is 22.9. The third-order valence-corrected chi connectivity index (χ3v) is 4.99. The van der Waals surface area contributed by atoms with Crippen molar-refractivity contribution in [1.82, 2.24) is 14.7 Å². The van der Waals surface area contributed by atoms with Gasteiger partial charge >= 0.3 is 0 Å². The highest BCUT2D eigenvalue weighted by Crippen LogP contribution is 2.39. The first-order chi connectivity index (χ1) is 11.1. The summed E-state index contributed by atoms with van der Waals surface area (Å²) in [4.78, 5) is 14.5. The van der Waals surface area contributed by atoms with Gasteiger partial charge in [0, 0.05) is 12.0 Å². The maximum atomic E-state index is 12.2.